The van der Waals surface area contributed by atoms with Crippen molar-refractivity contribution in [2.45, 2.75) is 6.54 Å². The summed E-state index contributed by atoms with van der Waals surface area (Å²) in [7, 11) is 1.60. The van der Waals surface area contributed by atoms with Crippen LogP contribution in [-0.2, 0) is 11.3 Å². The van der Waals surface area contributed by atoms with Gasteiger partial charge in [-0.15, -0.1) is 0 Å². The number of nitrogens with one attached hydrogen (secondary N) is 1. The predicted molar refractivity (Wildman–Crippen MR) is 132 cm³/mol. The van der Waals surface area contributed by atoms with Crippen molar-refractivity contribution in [1.82, 2.24) is 14.9 Å². The van der Waals surface area contributed by atoms with Crippen LogP contribution in [-0.4, -0.2) is 22.6 Å². The van der Waals surface area contributed by atoms with Crippen LogP contribution in [0.15, 0.2) is 85.1 Å². The second-order valence-electron chi connectivity index (χ2n) is 8.00. The summed E-state index contributed by atoms with van der Waals surface area (Å²) in [6, 6.07) is 20.3. The first-order chi connectivity index (χ1) is 17.0. The number of ether oxygens (including phenoxy) is 1. The molecule has 2 heterocycles. The Bertz CT molecular complexity index is 1550. The maximum absolute atomic E-state index is 13.9. The molecule has 0 saturated heterocycles. The highest BCUT2D eigenvalue weighted by Gasteiger charge is 2.14. The van der Waals surface area contributed by atoms with Crippen molar-refractivity contribution in [2.24, 2.45) is 0 Å². The second kappa shape index (κ2) is 9.38. The summed E-state index contributed by atoms with van der Waals surface area (Å²) in [5.74, 6) is -0.806. The van der Waals surface area contributed by atoms with Gasteiger partial charge < -0.3 is 14.6 Å². The monoisotopic (exact) mass is 469 g/mol. The molecule has 0 bridgehead atoms. The largest absolute Gasteiger partial charge is 0.497 e. The zero-order valence-corrected chi connectivity index (χ0v) is 18.8. The van der Waals surface area contributed by atoms with Crippen molar-refractivity contribution >= 4 is 33.8 Å². The predicted octanol–water partition coefficient (Wildman–Crippen LogP) is 5.80. The van der Waals surface area contributed by atoms with E-state index in [1.807, 2.05) is 54.6 Å². The lowest BCUT2D eigenvalue weighted by Crippen LogP contribution is -2.20. The molecular weight excluding hydrogens is 448 g/mol. The Labute approximate surface area is 200 Å². The molecule has 5 rings (SSSR count). The Morgan fingerprint density at radius 1 is 0.971 bits per heavy atom. The average molecular weight is 469 g/mol. The van der Waals surface area contributed by atoms with Gasteiger partial charge in [0.1, 0.15) is 17.4 Å². The van der Waals surface area contributed by atoms with Gasteiger partial charge >= 0.3 is 0 Å². The van der Waals surface area contributed by atoms with E-state index in [0.29, 0.717) is 16.9 Å². The van der Waals surface area contributed by atoms with E-state index in [2.05, 4.69) is 10.3 Å². The Balaban J connectivity index is 1.41. The number of rotatable bonds is 6. The number of carbonyl (C=O) groups is 1. The number of hydrogen-bond acceptors (Lipinski definition) is 3. The molecule has 0 aliphatic heterocycles. The smallest absolute Gasteiger partial charge is 0.244 e. The van der Waals surface area contributed by atoms with Gasteiger partial charge in [-0.05, 0) is 48.0 Å². The topological polar surface area (TPSA) is 56.1 Å². The van der Waals surface area contributed by atoms with Gasteiger partial charge in [0.15, 0.2) is 0 Å². The minimum absolute atomic E-state index is 0.232. The van der Waals surface area contributed by atoms with E-state index in [0.717, 1.165) is 33.7 Å². The molecule has 0 fully saturated rings. The second-order valence-corrected chi connectivity index (χ2v) is 8.00. The number of fused-ring (bicyclic) bond motifs is 3. The lowest BCUT2D eigenvalue weighted by atomic mass is 10.1. The molecule has 3 aromatic carbocycles. The number of carbonyl (C=O) groups excluding carboxylic acids is 1. The third-order valence-corrected chi connectivity index (χ3v) is 5.71. The number of amides is 1. The minimum atomic E-state index is -0.652. The van der Waals surface area contributed by atoms with Crippen LogP contribution in [0.1, 0.15) is 11.3 Å². The van der Waals surface area contributed by atoms with E-state index in [1.54, 1.807) is 23.9 Å². The van der Waals surface area contributed by atoms with Crippen molar-refractivity contribution in [2.75, 3.05) is 7.11 Å². The summed E-state index contributed by atoms with van der Waals surface area (Å²) in [6.07, 6.45) is 4.84. The van der Waals surface area contributed by atoms with Crippen molar-refractivity contribution in [3.63, 3.8) is 0 Å². The molecule has 0 saturated carbocycles. The highest BCUT2D eigenvalue weighted by atomic mass is 19.1. The molecule has 1 N–H and O–H groups in total. The van der Waals surface area contributed by atoms with Crippen molar-refractivity contribution in [3.05, 3.63) is 108 Å². The summed E-state index contributed by atoms with van der Waals surface area (Å²) in [5, 5.41) is 4.63. The van der Waals surface area contributed by atoms with Gasteiger partial charge in [-0.2, -0.15) is 0 Å². The van der Waals surface area contributed by atoms with Gasteiger partial charge in [-0.3, -0.25) is 9.78 Å². The van der Waals surface area contributed by atoms with Crippen LogP contribution in [0.25, 0.3) is 33.6 Å². The molecule has 174 valence electrons. The standard InChI is InChI=1S/C28H21F2N3O2/c1-35-23-9-6-18(7-10-23)8-11-28(34)32-16-21-15-25-24-4-2-3-5-26(24)33(27(25)17-31-21)22-13-19(29)12-20(30)14-22/h2-15,17H,16H2,1H3,(H,32,34)/b11-8+. The first kappa shape index (κ1) is 22.3. The van der Waals surface area contributed by atoms with Crippen molar-refractivity contribution < 1.29 is 18.3 Å². The molecule has 7 heteroatoms. The Hall–Kier alpha value is -4.52. The van der Waals surface area contributed by atoms with E-state index in [9.17, 15) is 13.6 Å². The number of hydrogen-bond donors (Lipinski definition) is 1. The molecule has 0 spiro atoms. The van der Waals surface area contributed by atoms with Crippen LogP contribution >= 0.6 is 0 Å². The summed E-state index contributed by atoms with van der Waals surface area (Å²) in [4.78, 5) is 16.8. The molecule has 0 unspecified atom stereocenters. The quantitative estimate of drug-likeness (QED) is 0.320. The fraction of sp³-hybridized carbons (Fsp3) is 0.0714. The van der Waals surface area contributed by atoms with Gasteiger partial charge in [-0.1, -0.05) is 30.3 Å². The van der Waals surface area contributed by atoms with E-state index in [-0.39, 0.29) is 12.5 Å². The number of nitrogens with zero attached hydrogens (tertiary/aromatic N) is 2. The lowest BCUT2D eigenvalue weighted by molar-refractivity contribution is -0.116. The number of pyridine rings is 1. The molecule has 2 aromatic heterocycles. The van der Waals surface area contributed by atoms with Crippen LogP contribution in [0, 0.1) is 11.6 Å². The highest BCUT2D eigenvalue weighted by Crippen LogP contribution is 2.32. The third-order valence-electron chi connectivity index (χ3n) is 5.71. The SMILES string of the molecule is COc1ccc(/C=C/C(=O)NCc2cc3c4ccccc4n(-c4cc(F)cc(F)c4)c3cn2)cc1. The van der Waals surface area contributed by atoms with Gasteiger partial charge in [-0.25, -0.2) is 8.78 Å². The summed E-state index contributed by atoms with van der Waals surface area (Å²) in [5.41, 5.74) is 3.43. The Kier molecular flexibility index (Phi) is 5.97. The molecule has 0 atom stereocenters. The molecule has 5 nitrogen and oxygen atoms in total. The first-order valence-corrected chi connectivity index (χ1v) is 11.0. The van der Waals surface area contributed by atoms with Crippen LogP contribution in [0.3, 0.4) is 0 Å². The first-order valence-electron chi connectivity index (χ1n) is 11.0. The van der Waals surface area contributed by atoms with Gasteiger partial charge in [0, 0.05) is 22.9 Å². The van der Waals surface area contributed by atoms with Crippen molar-refractivity contribution in [1.29, 1.82) is 0 Å². The molecular formula is C28H21F2N3O2. The number of benzene rings is 3. The van der Waals surface area contributed by atoms with Crippen LogP contribution < -0.4 is 10.1 Å². The van der Waals surface area contributed by atoms with E-state index in [4.69, 9.17) is 4.74 Å². The summed E-state index contributed by atoms with van der Waals surface area (Å²) < 4.78 is 34.8. The molecule has 0 aliphatic rings. The number of methoxy groups -OCH3 is 1. The zero-order valence-electron chi connectivity index (χ0n) is 18.8. The lowest BCUT2D eigenvalue weighted by Gasteiger charge is -2.08. The molecule has 1 amide bonds. The maximum atomic E-state index is 13.9. The van der Waals surface area contributed by atoms with Gasteiger partial charge in [0.2, 0.25) is 5.91 Å². The van der Waals surface area contributed by atoms with Gasteiger partial charge in [0.25, 0.3) is 0 Å². The van der Waals surface area contributed by atoms with Gasteiger partial charge in [0.05, 0.1) is 42.3 Å². The number of halogens is 2. The highest BCUT2D eigenvalue weighted by molar-refractivity contribution is 6.09. The molecule has 0 radical (unpaired) electrons. The summed E-state index contributed by atoms with van der Waals surface area (Å²) in [6.45, 7) is 0.232. The molecule has 35 heavy (non-hydrogen) atoms. The molecule has 0 aliphatic carbocycles. The van der Waals surface area contributed by atoms with Crippen LogP contribution in [0.5, 0.6) is 5.75 Å². The van der Waals surface area contributed by atoms with Crippen LogP contribution in [0.2, 0.25) is 0 Å². The summed E-state index contributed by atoms with van der Waals surface area (Å²) >= 11 is 0. The maximum Gasteiger partial charge on any atom is 0.244 e. The van der Waals surface area contributed by atoms with E-state index >= 15 is 0 Å². The van der Waals surface area contributed by atoms with E-state index < -0.39 is 11.6 Å². The fourth-order valence-corrected chi connectivity index (χ4v) is 4.08. The minimum Gasteiger partial charge on any atom is -0.497 e. The number of aromatic nitrogens is 2. The third kappa shape index (κ3) is 4.61. The fourth-order valence-electron chi connectivity index (χ4n) is 4.08. The molecule has 5 aromatic rings. The Morgan fingerprint density at radius 2 is 1.71 bits per heavy atom. The Morgan fingerprint density at radius 3 is 2.46 bits per heavy atom. The van der Waals surface area contributed by atoms with Crippen molar-refractivity contribution in [3.8, 4) is 11.4 Å². The zero-order chi connectivity index (χ0) is 24.4. The normalized spacial score (nSPS) is 11.4. The van der Waals surface area contributed by atoms with E-state index in [1.165, 1.54) is 18.2 Å². The number of para-hydroxylation sites is 1. The van der Waals surface area contributed by atoms with Crippen LogP contribution in [0.4, 0.5) is 8.78 Å². The average Bonchev–Trinajstić information content (AvgIpc) is 3.20.